The lowest BCUT2D eigenvalue weighted by Gasteiger charge is -2.40. The van der Waals surface area contributed by atoms with Crippen molar-refractivity contribution in [1.82, 2.24) is 0 Å². The Morgan fingerprint density at radius 1 is 1.15 bits per heavy atom. The molecule has 1 saturated heterocycles. The number of rotatable bonds is 6. The quantitative estimate of drug-likeness (QED) is 0.313. The highest BCUT2D eigenvalue weighted by molar-refractivity contribution is 6.08. The second-order valence-electron chi connectivity index (χ2n) is 8.02. The first kappa shape index (κ1) is 23.2. The van der Waals surface area contributed by atoms with E-state index in [0.717, 1.165) is 23.3 Å². The van der Waals surface area contributed by atoms with E-state index in [1.165, 1.54) is 25.3 Å². The van der Waals surface area contributed by atoms with E-state index in [2.05, 4.69) is 0 Å². The summed E-state index contributed by atoms with van der Waals surface area (Å²) >= 11 is 0. The normalized spacial score (nSPS) is 26.8. The van der Waals surface area contributed by atoms with Gasteiger partial charge in [0, 0.05) is 18.1 Å². The number of benzene rings is 2. The fourth-order valence-electron chi connectivity index (χ4n) is 4.11. The van der Waals surface area contributed by atoms with Crippen LogP contribution in [0.15, 0.2) is 36.4 Å². The number of carbonyl (C=O) groups excluding carboxylic acids is 1. The highest BCUT2D eigenvalue weighted by Gasteiger charge is 2.45. The number of phenolic OH excluding ortho intramolecular Hbond substituents is 1. The highest BCUT2D eigenvalue weighted by Crippen LogP contribution is 2.40. The maximum absolute atomic E-state index is 12.9. The molecule has 9 nitrogen and oxygen atoms in total. The number of carbonyl (C=O) groups is 1. The minimum absolute atomic E-state index is 0.0662. The van der Waals surface area contributed by atoms with Crippen LogP contribution < -0.4 is 9.47 Å². The van der Waals surface area contributed by atoms with E-state index in [9.17, 15) is 30.3 Å². The van der Waals surface area contributed by atoms with E-state index in [0.29, 0.717) is 6.61 Å². The Morgan fingerprint density at radius 3 is 2.67 bits per heavy atom. The van der Waals surface area contributed by atoms with Crippen LogP contribution in [0.2, 0.25) is 0 Å². The number of allylic oxidation sites excluding steroid dienone is 1. The number of hydrogen-bond acceptors (Lipinski definition) is 9. The molecule has 0 saturated carbocycles. The van der Waals surface area contributed by atoms with Crippen LogP contribution in [-0.2, 0) is 11.2 Å². The summed E-state index contributed by atoms with van der Waals surface area (Å²) < 4.78 is 16.3. The van der Waals surface area contributed by atoms with E-state index >= 15 is 0 Å². The minimum Gasteiger partial charge on any atom is -0.507 e. The van der Waals surface area contributed by atoms with Crippen molar-refractivity contribution in [3.8, 4) is 17.2 Å². The van der Waals surface area contributed by atoms with Gasteiger partial charge >= 0.3 is 0 Å². The summed E-state index contributed by atoms with van der Waals surface area (Å²) in [6, 6.07) is 8.11. The fraction of sp³-hybridized carbons (Fsp3) is 0.375. The van der Waals surface area contributed by atoms with Crippen molar-refractivity contribution >= 4 is 11.9 Å². The predicted molar refractivity (Wildman–Crippen MR) is 116 cm³/mol. The zero-order valence-corrected chi connectivity index (χ0v) is 17.9. The standard InChI is InChI=1S/C24H26O9/c1-31-19-10-17(27)14(9-15(19)24-23(30)22(29)21(28)20(11-25)33-24)16(26)4-2-12-3-5-18-13(8-12)6-7-32-18/h2-5,8-10,20-25,27-30H,6-7,11H2,1H3. The van der Waals surface area contributed by atoms with Crippen molar-refractivity contribution in [3.05, 3.63) is 58.7 Å². The Balaban J connectivity index is 1.64. The molecule has 0 bridgehead atoms. The van der Waals surface area contributed by atoms with Crippen molar-refractivity contribution in [2.45, 2.75) is 36.9 Å². The van der Waals surface area contributed by atoms with E-state index < -0.39 is 42.9 Å². The summed E-state index contributed by atoms with van der Waals surface area (Å²) in [6.07, 6.45) is -3.29. The third kappa shape index (κ3) is 4.46. The van der Waals surface area contributed by atoms with Crippen LogP contribution in [-0.4, -0.2) is 76.1 Å². The molecule has 0 aromatic heterocycles. The number of aliphatic hydroxyl groups excluding tert-OH is 4. The lowest BCUT2D eigenvalue weighted by molar-refractivity contribution is -0.232. The first-order valence-electron chi connectivity index (χ1n) is 10.5. The molecule has 176 valence electrons. The van der Waals surface area contributed by atoms with Gasteiger partial charge in [-0.2, -0.15) is 0 Å². The number of ketones is 1. The monoisotopic (exact) mass is 458 g/mol. The summed E-state index contributed by atoms with van der Waals surface area (Å²) in [5.41, 5.74) is 1.97. The Bertz CT molecular complexity index is 1060. The molecule has 1 fully saturated rings. The number of methoxy groups -OCH3 is 1. The van der Waals surface area contributed by atoms with Gasteiger partial charge in [-0.1, -0.05) is 12.1 Å². The Labute approximate surface area is 190 Å². The average Bonchev–Trinajstić information content (AvgIpc) is 3.29. The zero-order valence-electron chi connectivity index (χ0n) is 17.9. The molecule has 0 spiro atoms. The molecule has 2 aliphatic rings. The van der Waals surface area contributed by atoms with Crippen LogP contribution in [0.1, 0.15) is 33.2 Å². The number of aromatic hydroxyl groups is 1. The van der Waals surface area contributed by atoms with Crippen LogP contribution in [0.25, 0.3) is 6.08 Å². The predicted octanol–water partition coefficient (Wildman–Crippen LogP) is 0.747. The van der Waals surface area contributed by atoms with Gasteiger partial charge in [-0.3, -0.25) is 4.79 Å². The molecule has 4 rings (SSSR count). The molecule has 2 aliphatic heterocycles. The molecule has 0 radical (unpaired) electrons. The van der Waals surface area contributed by atoms with Gasteiger partial charge < -0.3 is 39.7 Å². The molecule has 2 heterocycles. The molecule has 2 aromatic carbocycles. The van der Waals surface area contributed by atoms with Gasteiger partial charge in [0.05, 0.1) is 25.9 Å². The maximum atomic E-state index is 12.9. The molecular weight excluding hydrogens is 432 g/mol. The second-order valence-corrected chi connectivity index (χ2v) is 8.02. The molecule has 0 amide bonds. The van der Waals surface area contributed by atoms with Crippen molar-refractivity contribution in [2.24, 2.45) is 0 Å². The average molecular weight is 458 g/mol. The topological polar surface area (TPSA) is 146 Å². The van der Waals surface area contributed by atoms with Crippen molar-refractivity contribution in [2.75, 3.05) is 20.3 Å². The van der Waals surface area contributed by atoms with E-state index in [1.807, 2.05) is 18.2 Å². The molecule has 5 N–H and O–H groups in total. The molecule has 2 aromatic rings. The number of aliphatic hydroxyl groups is 4. The van der Waals surface area contributed by atoms with Gasteiger partial charge in [0.2, 0.25) is 0 Å². The number of phenols is 1. The van der Waals surface area contributed by atoms with Gasteiger partial charge in [-0.15, -0.1) is 0 Å². The fourth-order valence-corrected chi connectivity index (χ4v) is 4.11. The SMILES string of the molecule is COc1cc(O)c(C(=O)C=Cc2ccc3c(c2)CCO3)cc1C1OC(CO)C(O)C(O)C1O. The summed E-state index contributed by atoms with van der Waals surface area (Å²) in [6.45, 7) is 0.0318. The molecular formula is C24H26O9. The van der Waals surface area contributed by atoms with Gasteiger partial charge in [-0.05, 0) is 35.4 Å². The lowest BCUT2D eigenvalue weighted by Crippen LogP contribution is -2.55. The highest BCUT2D eigenvalue weighted by atomic mass is 16.5. The third-order valence-electron chi connectivity index (χ3n) is 5.95. The first-order chi connectivity index (χ1) is 15.8. The van der Waals surface area contributed by atoms with Gasteiger partial charge in [0.15, 0.2) is 5.78 Å². The summed E-state index contributed by atoms with van der Waals surface area (Å²) in [5.74, 6) is 0.0985. The summed E-state index contributed by atoms with van der Waals surface area (Å²) in [5, 5.41) is 50.5. The number of hydrogen-bond donors (Lipinski definition) is 5. The number of ether oxygens (including phenoxy) is 3. The van der Waals surface area contributed by atoms with Crippen molar-refractivity contribution in [1.29, 1.82) is 0 Å². The van der Waals surface area contributed by atoms with Crippen molar-refractivity contribution in [3.63, 3.8) is 0 Å². The zero-order chi connectivity index (χ0) is 23.7. The molecule has 0 aliphatic carbocycles. The van der Waals surface area contributed by atoms with Crippen LogP contribution in [0.4, 0.5) is 0 Å². The van der Waals surface area contributed by atoms with E-state index in [-0.39, 0.29) is 22.6 Å². The Kier molecular flexibility index (Phi) is 6.68. The Hall–Kier alpha value is -2.95. The second kappa shape index (κ2) is 9.50. The van der Waals surface area contributed by atoms with Gasteiger partial charge in [-0.25, -0.2) is 0 Å². The minimum atomic E-state index is -1.60. The van der Waals surface area contributed by atoms with Gasteiger partial charge in [0.25, 0.3) is 0 Å². The van der Waals surface area contributed by atoms with Crippen LogP contribution in [0.5, 0.6) is 17.2 Å². The smallest absolute Gasteiger partial charge is 0.189 e. The van der Waals surface area contributed by atoms with Crippen molar-refractivity contribution < 1.29 is 44.5 Å². The summed E-state index contributed by atoms with van der Waals surface area (Å²) in [7, 11) is 1.33. The Morgan fingerprint density at radius 2 is 1.94 bits per heavy atom. The number of fused-ring (bicyclic) bond motifs is 1. The van der Waals surface area contributed by atoms with E-state index in [1.54, 1.807) is 6.08 Å². The summed E-state index contributed by atoms with van der Waals surface area (Å²) in [4.78, 5) is 12.9. The van der Waals surface area contributed by atoms with Crippen LogP contribution in [0.3, 0.4) is 0 Å². The molecule has 9 heteroatoms. The first-order valence-corrected chi connectivity index (χ1v) is 10.5. The third-order valence-corrected chi connectivity index (χ3v) is 5.95. The molecule has 33 heavy (non-hydrogen) atoms. The van der Waals surface area contributed by atoms with E-state index in [4.69, 9.17) is 14.2 Å². The largest absolute Gasteiger partial charge is 0.507 e. The molecule has 5 atom stereocenters. The maximum Gasteiger partial charge on any atom is 0.189 e. The lowest BCUT2D eigenvalue weighted by atomic mass is 9.89. The molecule has 5 unspecified atom stereocenters. The van der Waals surface area contributed by atoms with Crippen LogP contribution in [0, 0.1) is 0 Å². The van der Waals surface area contributed by atoms with Crippen LogP contribution >= 0.6 is 0 Å². The van der Waals surface area contributed by atoms with Gasteiger partial charge in [0.1, 0.15) is 47.8 Å².